The molecule has 1 saturated heterocycles. The lowest BCUT2D eigenvalue weighted by atomic mass is 10.1. The molecule has 0 spiro atoms. The maximum absolute atomic E-state index is 12.5. The first kappa shape index (κ1) is 16.4. The van der Waals surface area contributed by atoms with E-state index in [1.54, 1.807) is 24.7 Å². The topological polar surface area (TPSA) is 55.3 Å². The van der Waals surface area contributed by atoms with Gasteiger partial charge in [0.2, 0.25) is 5.88 Å². The molecule has 7 heteroatoms. The molecule has 0 unspecified atom stereocenters. The van der Waals surface area contributed by atoms with Gasteiger partial charge in [-0.1, -0.05) is 0 Å². The Kier molecular flexibility index (Phi) is 5.27. The number of pyridine rings is 2. The fraction of sp³-hybridized carbons (Fsp3) is 0.312. The molecule has 0 bridgehead atoms. The zero-order valence-corrected chi connectivity index (χ0v) is 15.5. The number of nitrogens with zero attached hydrogens (tertiary/aromatic N) is 3. The average molecular weight is 441 g/mol. The van der Waals surface area contributed by atoms with Crippen molar-refractivity contribution in [2.75, 3.05) is 13.1 Å². The Morgan fingerprint density at radius 1 is 1.26 bits per heavy atom. The molecule has 1 amide bonds. The van der Waals surface area contributed by atoms with Crippen LogP contribution >= 0.6 is 31.9 Å². The first-order chi connectivity index (χ1) is 11.1. The summed E-state index contributed by atoms with van der Waals surface area (Å²) < 4.78 is 7.58. The van der Waals surface area contributed by atoms with Gasteiger partial charge in [-0.2, -0.15) is 0 Å². The third-order valence-electron chi connectivity index (χ3n) is 3.68. The number of rotatable bonds is 3. The molecule has 3 rings (SSSR count). The number of ether oxygens (including phenoxy) is 1. The van der Waals surface area contributed by atoms with Crippen LogP contribution < -0.4 is 4.74 Å². The molecule has 120 valence electrons. The van der Waals surface area contributed by atoms with Crippen LogP contribution in [0.15, 0.2) is 45.7 Å². The van der Waals surface area contributed by atoms with E-state index in [-0.39, 0.29) is 12.0 Å². The molecule has 3 heterocycles. The molecule has 0 radical (unpaired) electrons. The van der Waals surface area contributed by atoms with Crippen LogP contribution in [0.5, 0.6) is 5.88 Å². The highest BCUT2D eigenvalue weighted by Crippen LogP contribution is 2.25. The van der Waals surface area contributed by atoms with Crippen molar-refractivity contribution in [2.45, 2.75) is 18.9 Å². The Bertz CT molecular complexity index is 703. The number of piperidine rings is 1. The Morgan fingerprint density at radius 2 is 2.04 bits per heavy atom. The van der Waals surface area contributed by atoms with Gasteiger partial charge >= 0.3 is 0 Å². The normalized spacial score (nSPS) is 15.5. The van der Waals surface area contributed by atoms with Crippen LogP contribution in [0.2, 0.25) is 0 Å². The molecule has 5 nitrogen and oxygen atoms in total. The van der Waals surface area contributed by atoms with Crippen LogP contribution in [-0.2, 0) is 0 Å². The van der Waals surface area contributed by atoms with Crippen molar-refractivity contribution in [2.24, 2.45) is 0 Å². The van der Waals surface area contributed by atoms with E-state index < -0.39 is 0 Å². The van der Waals surface area contributed by atoms with Crippen LogP contribution in [0, 0.1) is 0 Å². The van der Waals surface area contributed by atoms with Crippen LogP contribution in [0.25, 0.3) is 0 Å². The van der Waals surface area contributed by atoms with Crippen molar-refractivity contribution >= 4 is 37.8 Å². The monoisotopic (exact) mass is 439 g/mol. The van der Waals surface area contributed by atoms with Crippen LogP contribution in [0.4, 0.5) is 0 Å². The number of hydrogen-bond acceptors (Lipinski definition) is 4. The summed E-state index contributed by atoms with van der Waals surface area (Å²) in [5, 5.41) is 0. The molecule has 0 saturated carbocycles. The predicted octanol–water partition coefficient (Wildman–Crippen LogP) is 3.69. The zero-order chi connectivity index (χ0) is 16.2. The SMILES string of the molecule is O=C(c1cncc(Br)c1)N1CCC(Oc2ncccc2Br)CC1. The molecule has 23 heavy (non-hydrogen) atoms. The number of likely N-dealkylation sites (tertiary alicyclic amines) is 1. The predicted molar refractivity (Wildman–Crippen MR) is 93.4 cm³/mol. The molecule has 0 atom stereocenters. The minimum absolute atomic E-state index is 0.0104. The molecule has 0 aromatic carbocycles. The van der Waals surface area contributed by atoms with E-state index >= 15 is 0 Å². The van der Waals surface area contributed by atoms with Crippen LogP contribution in [0.1, 0.15) is 23.2 Å². The molecular weight excluding hydrogens is 426 g/mol. The number of carbonyl (C=O) groups is 1. The van der Waals surface area contributed by atoms with Gasteiger partial charge in [0, 0.05) is 49.0 Å². The molecule has 0 aliphatic carbocycles. The Labute approximate surface area is 151 Å². The van der Waals surface area contributed by atoms with Crippen LogP contribution in [0.3, 0.4) is 0 Å². The van der Waals surface area contributed by atoms with Crippen LogP contribution in [-0.4, -0.2) is 40.0 Å². The number of carbonyl (C=O) groups excluding carboxylic acids is 1. The largest absolute Gasteiger partial charge is 0.473 e. The van der Waals surface area contributed by atoms with Crippen molar-refractivity contribution in [3.05, 3.63) is 51.3 Å². The standard InChI is InChI=1S/C16H15Br2N3O2/c17-12-8-11(9-19-10-12)16(22)21-6-3-13(4-7-21)23-15-14(18)2-1-5-20-15/h1-2,5,8-10,13H,3-4,6-7H2. The van der Waals surface area contributed by atoms with Gasteiger partial charge in [0.15, 0.2) is 0 Å². The molecule has 0 N–H and O–H groups in total. The van der Waals surface area contributed by atoms with E-state index in [0.717, 1.165) is 21.8 Å². The minimum Gasteiger partial charge on any atom is -0.473 e. The van der Waals surface area contributed by atoms with Crippen molar-refractivity contribution in [3.63, 3.8) is 0 Å². The lowest BCUT2D eigenvalue weighted by Crippen LogP contribution is -2.41. The molecule has 2 aromatic rings. The zero-order valence-electron chi connectivity index (χ0n) is 12.3. The number of amides is 1. The number of hydrogen-bond donors (Lipinski definition) is 0. The maximum atomic E-state index is 12.5. The van der Waals surface area contributed by atoms with Gasteiger partial charge in [0.1, 0.15) is 6.10 Å². The summed E-state index contributed by atoms with van der Waals surface area (Å²) >= 11 is 6.78. The van der Waals surface area contributed by atoms with E-state index in [1.165, 1.54) is 0 Å². The van der Waals surface area contributed by atoms with Gasteiger partial charge in [-0.05, 0) is 50.1 Å². The van der Waals surface area contributed by atoms with Gasteiger partial charge in [-0.15, -0.1) is 0 Å². The number of aromatic nitrogens is 2. The lowest BCUT2D eigenvalue weighted by molar-refractivity contribution is 0.0586. The van der Waals surface area contributed by atoms with Gasteiger partial charge < -0.3 is 9.64 Å². The van der Waals surface area contributed by atoms with Gasteiger partial charge in [-0.25, -0.2) is 4.98 Å². The molecule has 1 fully saturated rings. The van der Waals surface area contributed by atoms with E-state index in [9.17, 15) is 4.79 Å². The summed E-state index contributed by atoms with van der Waals surface area (Å²) in [6.07, 6.45) is 6.62. The fourth-order valence-electron chi connectivity index (χ4n) is 2.50. The van der Waals surface area contributed by atoms with Crippen molar-refractivity contribution < 1.29 is 9.53 Å². The third-order valence-corrected chi connectivity index (χ3v) is 4.72. The average Bonchev–Trinajstić information content (AvgIpc) is 2.57. The number of halogens is 2. The second-order valence-electron chi connectivity index (χ2n) is 5.29. The minimum atomic E-state index is 0.0104. The Balaban J connectivity index is 1.58. The Hall–Kier alpha value is -1.47. The molecule has 2 aromatic heterocycles. The van der Waals surface area contributed by atoms with E-state index in [0.29, 0.717) is 24.5 Å². The summed E-state index contributed by atoms with van der Waals surface area (Å²) in [7, 11) is 0. The molecular formula is C16H15Br2N3O2. The van der Waals surface area contributed by atoms with E-state index in [2.05, 4.69) is 41.8 Å². The smallest absolute Gasteiger partial charge is 0.255 e. The van der Waals surface area contributed by atoms with Crippen molar-refractivity contribution in [1.29, 1.82) is 0 Å². The van der Waals surface area contributed by atoms with Gasteiger partial charge in [0.05, 0.1) is 10.0 Å². The summed E-state index contributed by atoms with van der Waals surface area (Å²) in [4.78, 5) is 22.6. The summed E-state index contributed by atoms with van der Waals surface area (Å²) in [5.74, 6) is 0.615. The third kappa shape index (κ3) is 4.09. The highest BCUT2D eigenvalue weighted by molar-refractivity contribution is 9.10. The van der Waals surface area contributed by atoms with E-state index in [1.807, 2.05) is 17.0 Å². The quantitative estimate of drug-likeness (QED) is 0.730. The molecule has 1 aliphatic rings. The molecule has 1 aliphatic heterocycles. The van der Waals surface area contributed by atoms with Crippen molar-refractivity contribution in [3.8, 4) is 5.88 Å². The van der Waals surface area contributed by atoms with Gasteiger partial charge in [-0.3, -0.25) is 9.78 Å². The summed E-state index contributed by atoms with van der Waals surface area (Å²) in [6, 6.07) is 5.55. The first-order valence-electron chi connectivity index (χ1n) is 7.30. The van der Waals surface area contributed by atoms with E-state index in [4.69, 9.17) is 4.74 Å². The Morgan fingerprint density at radius 3 is 2.74 bits per heavy atom. The highest BCUT2D eigenvalue weighted by atomic mass is 79.9. The summed E-state index contributed by atoms with van der Waals surface area (Å²) in [6.45, 7) is 1.33. The summed E-state index contributed by atoms with van der Waals surface area (Å²) in [5.41, 5.74) is 0.603. The highest BCUT2D eigenvalue weighted by Gasteiger charge is 2.25. The van der Waals surface area contributed by atoms with Crippen molar-refractivity contribution in [1.82, 2.24) is 14.9 Å². The fourth-order valence-corrected chi connectivity index (χ4v) is 3.22. The lowest BCUT2D eigenvalue weighted by Gasteiger charge is -2.32. The first-order valence-corrected chi connectivity index (χ1v) is 8.89. The second kappa shape index (κ2) is 7.40. The second-order valence-corrected chi connectivity index (χ2v) is 7.06. The van der Waals surface area contributed by atoms with Gasteiger partial charge in [0.25, 0.3) is 5.91 Å². The maximum Gasteiger partial charge on any atom is 0.255 e.